The van der Waals surface area contributed by atoms with Crippen LogP contribution in [0.3, 0.4) is 0 Å². The number of carbonyl (C=O) groups is 4. The van der Waals surface area contributed by atoms with Crippen LogP contribution in [0.2, 0.25) is 0 Å². The zero-order chi connectivity index (χ0) is 25.4. The fourth-order valence-electron chi connectivity index (χ4n) is 3.52. The first kappa shape index (κ1) is 25.1. The van der Waals surface area contributed by atoms with E-state index < -0.39 is 30.1 Å². The number of amides is 2. The first-order valence-corrected chi connectivity index (χ1v) is 10.7. The average Bonchev–Trinajstić information content (AvgIpc) is 3.12. The van der Waals surface area contributed by atoms with E-state index in [2.05, 4.69) is 0 Å². The Hall–Kier alpha value is -3.52. The molecule has 0 saturated carbocycles. The zero-order valence-corrected chi connectivity index (χ0v) is 18.0. The Morgan fingerprint density at radius 2 is 1.85 bits per heavy atom. The lowest BCUT2D eigenvalue weighted by molar-refractivity contribution is -0.192. The number of β-lactam (4-membered cyclic amide) rings is 1. The number of hydrogen-bond acceptors (Lipinski definition) is 7. The van der Waals surface area contributed by atoms with Crippen molar-refractivity contribution in [2.24, 2.45) is 5.73 Å². The molecule has 2 amide bonds. The van der Waals surface area contributed by atoms with Crippen LogP contribution in [0.5, 0.6) is 5.75 Å². The molecule has 5 N–H and O–H groups in total. The number of carboxylic acids is 2. The molecule has 1 aromatic carbocycles. The number of fused-ring (bicyclic) bond motifs is 1. The molecule has 0 radical (unpaired) electrons. The predicted molar refractivity (Wildman–Crippen MR) is 113 cm³/mol. The van der Waals surface area contributed by atoms with E-state index in [1.54, 1.807) is 18.2 Å². The number of thioether (sulfide) groups is 1. The molecule has 10 nitrogen and oxygen atoms in total. The standard InChI is InChI=1S/C18H17N3O5S.C2HF3O2/c19-13-16(24)21-14(18(25)26)10(8-27-17(13)21)6-9-4-5-20(15(9)23)11-2-1-3-12(22)7-11;3-2(4,5)1(6)7/h1-3,6-7,13,17,22H,4-5,8,19H2,(H,25,26);(H,6,7)/b9-6+;/t13-,17-;/m1./s1. The van der Waals surface area contributed by atoms with Gasteiger partial charge in [0.15, 0.2) is 0 Å². The number of hydrogen-bond donors (Lipinski definition) is 4. The Morgan fingerprint density at radius 1 is 1.21 bits per heavy atom. The molecule has 0 unspecified atom stereocenters. The van der Waals surface area contributed by atoms with Crippen LogP contribution in [0.4, 0.5) is 18.9 Å². The fourth-order valence-corrected chi connectivity index (χ4v) is 4.77. The quantitative estimate of drug-likeness (QED) is 0.353. The van der Waals surface area contributed by atoms with Gasteiger partial charge in [0.2, 0.25) is 5.91 Å². The molecule has 0 aromatic heterocycles. The minimum Gasteiger partial charge on any atom is -0.508 e. The van der Waals surface area contributed by atoms with E-state index in [4.69, 9.17) is 15.6 Å². The number of aromatic hydroxyl groups is 1. The molecule has 2 fully saturated rings. The summed E-state index contributed by atoms with van der Waals surface area (Å²) in [6, 6.07) is 5.72. The van der Waals surface area contributed by atoms with E-state index in [0.29, 0.717) is 35.6 Å². The van der Waals surface area contributed by atoms with Crippen LogP contribution in [-0.4, -0.2) is 73.9 Å². The van der Waals surface area contributed by atoms with E-state index in [-0.39, 0.29) is 22.7 Å². The third-order valence-corrected chi connectivity index (χ3v) is 6.42. The van der Waals surface area contributed by atoms with Crippen LogP contribution >= 0.6 is 11.8 Å². The smallest absolute Gasteiger partial charge is 0.490 e. The van der Waals surface area contributed by atoms with Crippen LogP contribution in [-0.2, 0) is 19.2 Å². The van der Waals surface area contributed by atoms with Gasteiger partial charge in [0.05, 0.1) is 0 Å². The number of alkyl halides is 3. The second-order valence-electron chi connectivity index (χ2n) is 7.31. The predicted octanol–water partition coefficient (Wildman–Crippen LogP) is 1.27. The highest BCUT2D eigenvalue weighted by atomic mass is 32.2. The Bertz CT molecular complexity index is 1120. The minimum absolute atomic E-state index is 0.0657. The number of carbonyl (C=O) groups excluding carboxylic acids is 2. The van der Waals surface area contributed by atoms with Crippen molar-refractivity contribution in [2.75, 3.05) is 17.2 Å². The monoisotopic (exact) mass is 501 g/mol. The molecule has 3 aliphatic rings. The number of nitrogens with two attached hydrogens (primary N) is 1. The molecule has 3 aliphatic heterocycles. The summed E-state index contributed by atoms with van der Waals surface area (Å²) in [5.74, 6) is -4.19. The molecule has 1 aromatic rings. The van der Waals surface area contributed by atoms with Gasteiger partial charge in [-0.05, 0) is 30.2 Å². The molecule has 3 heterocycles. The molecule has 0 spiro atoms. The number of allylic oxidation sites excluding steroid dienone is 1. The summed E-state index contributed by atoms with van der Waals surface area (Å²) in [4.78, 5) is 48.1. The number of benzene rings is 1. The van der Waals surface area contributed by atoms with Crippen molar-refractivity contribution in [1.29, 1.82) is 0 Å². The van der Waals surface area contributed by atoms with Gasteiger partial charge in [0.1, 0.15) is 22.9 Å². The molecule has 182 valence electrons. The van der Waals surface area contributed by atoms with Gasteiger partial charge in [-0.15, -0.1) is 11.8 Å². The third-order valence-electron chi connectivity index (χ3n) is 5.10. The lowest BCUT2D eigenvalue weighted by atomic mass is 10.0. The number of carboxylic acid groups (broad SMARTS) is 2. The van der Waals surface area contributed by atoms with Gasteiger partial charge in [0.25, 0.3) is 5.91 Å². The van der Waals surface area contributed by atoms with Gasteiger partial charge >= 0.3 is 18.1 Å². The molecule has 0 bridgehead atoms. The lowest BCUT2D eigenvalue weighted by Crippen LogP contribution is -2.68. The first-order chi connectivity index (χ1) is 15.8. The number of anilines is 1. The topological polar surface area (TPSA) is 161 Å². The highest BCUT2D eigenvalue weighted by Crippen LogP contribution is 2.40. The molecule has 4 rings (SSSR count). The molecular formula is C20H18F3N3O7S. The number of nitrogens with zero attached hydrogens (tertiary/aromatic N) is 2. The summed E-state index contributed by atoms with van der Waals surface area (Å²) >= 11 is 1.39. The van der Waals surface area contributed by atoms with Crippen molar-refractivity contribution in [2.45, 2.75) is 24.0 Å². The molecule has 14 heteroatoms. The van der Waals surface area contributed by atoms with Crippen molar-refractivity contribution >= 4 is 41.2 Å². The molecule has 0 aliphatic carbocycles. The van der Waals surface area contributed by atoms with E-state index in [0.717, 1.165) is 0 Å². The largest absolute Gasteiger partial charge is 0.508 e. The van der Waals surface area contributed by atoms with E-state index in [9.17, 15) is 37.8 Å². The maximum Gasteiger partial charge on any atom is 0.490 e. The van der Waals surface area contributed by atoms with Crippen LogP contribution in [0, 0.1) is 0 Å². The second-order valence-corrected chi connectivity index (χ2v) is 8.42. The number of rotatable bonds is 3. The Labute approximate surface area is 194 Å². The number of phenols is 1. The maximum atomic E-state index is 12.7. The van der Waals surface area contributed by atoms with Crippen LogP contribution < -0.4 is 10.6 Å². The van der Waals surface area contributed by atoms with Crippen molar-refractivity contribution < 1.29 is 47.7 Å². The van der Waals surface area contributed by atoms with E-state index in [1.807, 2.05) is 0 Å². The van der Waals surface area contributed by atoms with Crippen LogP contribution in [0.1, 0.15) is 6.42 Å². The zero-order valence-electron chi connectivity index (χ0n) is 17.2. The Balaban J connectivity index is 0.000000406. The van der Waals surface area contributed by atoms with E-state index >= 15 is 0 Å². The minimum atomic E-state index is -5.08. The number of halogens is 3. The normalized spacial score (nSPS) is 23.4. The summed E-state index contributed by atoms with van der Waals surface area (Å²) in [7, 11) is 0. The first-order valence-electron chi connectivity index (χ1n) is 9.61. The SMILES string of the molecule is N[C@@H]1C(=O)N2C(C(=O)O)=C(/C=C3\CCN(c4cccc(O)c4)C3=O)CS[C@H]12.O=C(O)C(F)(F)F. The molecule has 34 heavy (non-hydrogen) atoms. The number of phenolic OH excluding ortho intramolecular Hbond substituents is 1. The van der Waals surface area contributed by atoms with E-state index in [1.165, 1.54) is 33.7 Å². The summed E-state index contributed by atoms with van der Waals surface area (Å²) in [5.41, 5.74) is 7.14. The van der Waals surface area contributed by atoms with Gasteiger partial charge in [-0.2, -0.15) is 13.2 Å². The molecular weight excluding hydrogens is 483 g/mol. The summed E-state index contributed by atoms with van der Waals surface area (Å²) in [6.07, 6.45) is -3.05. The summed E-state index contributed by atoms with van der Waals surface area (Å²) in [6.45, 7) is 0.438. The highest BCUT2D eigenvalue weighted by Gasteiger charge is 2.51. The van der Waals surface area contributed by atoms with Gasteiger partial charge in [0, 0.05) is 29.6 Å². The molecule has 2 saturated heterocycles. The van der Waals surface area contributed by atoms with Gasteiger partial charge in [-0.1, -0.05) is 6.07 Å². The Morgan fingerprint density at radius 3 is 2.41 bits per heavy atom. The summed E-state index contributed by atoms with van der Waals surface area (Å²) < 4.78 is 31.7. The lowest BCUT2D eigenvalue weighted by Gasteiger charge is -2.47. The molecule has 2 atom stereocenters. The van der Waals surface area contributed by atoms with Crippen LogP contribution in [0.15, 0.2) is 47.2 Å². The van der Waals surface area contributed by atoms with Crippen LogP contribution in [0.25, 0.3) is 0 Å². The Kier molecular flexibility index (Phi) is 6.93. The van der Waals surface area contributed by atoms with Gasteiger partial charge < -0.3 is 26.0 Å². The van der Waals surface area contributed by atoms with Crippen molar-refractivity contribution in [3.05, 3.63) is 47.2 Å². The maximum absolute atomic E-state index is 12.7. The highest BCUT2D eigenvalue weighted by molar-refractivity contribution is 8.00. The van der Waals surface area contributed by atoms with Crippen molar-refractivity contribution in [3.8, 4) is 5.75 Å². The van der Waals surface area contributed by atoms with Gasteiger partial charge in [-0.3, -0.25) is 14.5 Å². The number of aliphatic carboxylic acids is 2. The summed E-state index contributed by atoms with van der Waals surface area (Å²) in [5, 5.41) is 26.0. The third kappa shape index (κ3) is 4.87. The fraction of sp³-hybridized carbons (Fsp3) is 0.300. The van der Waals surface area contributed by atoms with Crippen molar-refractivity contribution in [1.82, 2.24) is 4.90 Å². The second kappa shape index (κ2) is 9.38. The average molecular weight is 501 g/mol. The van der Waals surface area contributed by atoms with Crippen molar-refractivity contribution in [3.63, 3.8) is 0 Å². The van der Waals surface area contributed by atoms with Gasteiger partial charge in [-0.25, -0.2) is 9.59 Å².